The molecule has 0 radical (unpaired) electrons. The van der Waals surface area contributed by atoms with Crippen molar-refractivity contribution in [2.75, 3.05) is 0 Å². The van der Waals surface area contributed by atoms with Gasteiger partial charge in [0.1, 0.15) is 6.10 Å². The van der Waals surface area contributed by atoms with E-state index in [-0.39, 0.29) is 5.41 Å². The smallest absolute Gasteiger partial charge is 0.416 e. The van der Waals surface area contributed by atoms with Crippen LogP contribution in [-0.2, 0) is 12.6 Å². The summed E-state index contributed by atoms with van der Waals surface area (Å²) in [5, 5.41) is 23.8. The normalized spacial score (nSPS) is 25.7. The molecule has 0 fully saturated rings. The zero-order valence-corrected chi connectivity index (χ0v) is 17.9. The second-order valence-corrected chi connectivity index (χ2v) is 9.66. The molecule has 1 aromatic carbocycles. The van der Waals surface area contributed by atoms with Crippen molar-refractivity contribution in [1.82, 2.24) is 4.98 Å². The fourth-order valence-corrected chi connectivity index (χ4v) is 5.74. The molecule has 0 saturated carbocycles. The minimum atomic E-state index is -4.45. The average molecular weight is 502 g/mol. The van der Waals surface area contributed by atoms with Gasteiger partial charge in [-0.15, -0.1) is 0 Å². The lowest BCUT2D eigenvalue weighted by molar-refractivity contribution is -0.434. The molecule has 3 nitrogen and oxygen atoms in total. The number of hydrogen-bond donors (Lipinski definition) is 1. The van der Waals surface area contributed by atoms with Crippen molar-refractivity contribution in [2.45, 2.75) is 57.9 Å². The van der Waals surface area contributed by atoms with Gasteiger partial charge >= 0.3 is 6.18 Å². The van der Waals surface area contributed by atoms with Crippen LogP contribution in [0.1, 0.15) is 84.5 Å². The van der Waals surface area contributed by atoms with E-state index in [0.717, 1.165) is 12.1 Å². The van der Waals surface area contributed by atoms with E-state index < -0.39 is 29.9 Å². The highest BCUT2D eigenvalue weighted by molar-refractivity contribution is 14.1. The second-order valence-electron chi connectivity index (χ2n) is 8.58. The van der Waals surface area contributed by atoms with Gasteiger partial charge in [-0.25, -0.2) is 0 Å². The summed E-state index contributed by atoms with van der Waals surface area (Å²) >= 11 is 2.10. The minimum Gasteiger partial charge on any atom is -0.848 e. The highest BCUT2D eigenvalue weighted by Crippen LogP contribution is 2.49. The van der Waals surface area contributed by atoms with Crippen LogP contribution in [0.3, 0.4) is 0 Å². The number of fused-ring (bicyclic) bond motifs is 3. The molecule has 0 spiro atoms. The standard InChI is InChI=1S/C21H20F3INO2/c1-9-12-6-10(21(22,23)24)4-5-11(12)19(28)16-17(25)15-13(26-18(9)16)7-20(2,3)8-14(15)27/h4-6,9,14,19,28H,7-8H2,1-3H3/q-1/t9?,14-,19-/m0/s1. The number of aromatic nitrogens is 1. The fraction of sp³-hybridized carbons (Fsp3) is 0.476. The van der Waals surface area contributed by atoms with Crippen LogP contribution in [0, 0.1) is 8.99 Å². The van der Waals surface area contributed by atoms with Crippen molar-refractivity contribution >= 4 is 22.6 Å². The van der Waals surface area contributed by atoms with Crippen LogP contribution in [0.15, 0.2) is 18.2 Å². The lowest BCUT2D eigenvalue weighted by Gasteiger charge is -2.42. The first kappa shape index (κ1) is 20.1. The molecule has 1 aromatic heterocycles. The molecule has 0 amide bonds. The quantitative estimate of drug-likeness (QED) is 0.535. The Morgan fingerprint density at radius 2 is 1.89 bits per heavy atom. The molecule has 1 heterocycles. The monoisotopic (exact) mass is 502 g/mol. The number of aliphatic hydroxyl groups is 1. The molecule has 0 saturated heterocycles. The van der Waals surface area contributed by atoms with Gasteiger partial charge in [0.15, 0.2) is 0 Å². The molecule has 150 valence electrons. The minimum absolute atomic E-state index is 0.179. The van der Waals surface area contributed by atoms with Gasteiger partial charge < -0.3 is 10.2 Å². The zero-order valence-electron chi connectivity index (χ0n) is 15.7. The Labute approximate surface area is 175 Å². The van der Waals surface area contributed by atoms with Crippen LogP contribution in [0.5, 0.6) is 0 Å². The molecule has 4 rings (SSSR count). The number of alkyl halides is 3. The number of halogens is 4. The van der Waals surface area contributed by atoms with Crippen molar-refractivity contribution in [3.8, 4) is 0 Å². The number of benzene rings is 1. The summed E-state index contributed by atoms with van der Waals surface area (Å²) in [7, 11) is 0. The highest BCUT2D eigenvalue weighted by atomic mass is 127. The van der Waals surface area contributed by atoms with E-state index in [1.54, 1.807) is 0 Å². The fourth-order valence-electron chi connectivity index (χ4n) is 4.51. The first-order valence-electron chi connectivity index (χ1n) is 9.17. The lowest BCUT2D eigenvalue weighted by Crippen LogP contribution is -2.35. The van der Waals surface area contributed by atoms with Gasteiger partial charge in [0, 0.05) is 20.7 Å². The van der Waals surface area contributed by atoms with Gasteiger partial charge in [-0.2, -0.15) is 13.2 Å². The third-order valence-electron chi connectivity index (χ3n) is 5.88. The molecule has 1 N–H and O–H groups in total. The number of pyridine rings is 1. The van der Waals surface area contributed by atoms with Gasteiger partial charge in [-0.05, 0) is 63.2 Å². The number of nitrogens with zero attached hydrogens (tertiary/aromatic N) is 1. The molecule has 1 unspecified atom stereocenters. The van der Waals surface area contributed by atoms with Gasteiger partial charge in [-0.3, -0.25) is 4.98 Å². The van der Waals surface area contributed by atoms with Crippen molar-refractivity contribution in [2.24, 2.45) is 5.41 Å². The van der Waals surface area contributed by atoms with Gasteiger partial charge in [0.05, 0.1) is 11.3 Å². The summed E-state index contributed by atoms with van der Waals surface area (Å²) in [4.78, 5) is 4.74. The Balaban J connectivity index is 1.92. The molecule has 2 aromatic rings. The van der Waals surface area contributed by atoms with Crippen LogP contribution in [0.4, 0.5) is 13.2 Å². The predicted octanol–water partition coefficient (Wildman–Crippen LogP) is 4.63. The Morgan fingerprint density at radius 1 is 1.21 bits per heavy atom. The molecule has 7 heteroatoms. The lowest BCUT2D eigenvalue weighted by atomic mass is 9.72. The van der Waals surface area contributed by atoms with Gasteiger partial charge in [0.25, 0.3) is 0 Å². The zero-order chi connectivity index (χ0) is 20.6. The van der Waals surface area contributed by atoms with E-state index in [9.17, 15) is 23.4 Å². The summed E-state index contributed by atoms with van der Waals surface area (Å²) in [6.45, 7) is 5.86. The Hall–Kier alpha value is -1.19. The first-order chi connectivity index (χ1) is 12.9. The topological polar surface area (TPSA) is 56.2 Å². The molecule has 3 atom stereocenters. The van der Waals surface area contributed by atoms with E-state index in [4.69, 9.17) is 4.98 Å². The largest absolute Gasteiger partial charge is 0.848 e. The molecular weight excluding hydrogens is 482 g/mol. The van der Waals surface area contributed by atoms with Crippen molar-refractivity contribution in [3.63, 3.8) is 0 Å². The third-order valence-corrected chi connectivity index (χ3v) is 7.04. The van der Waals surface area contributed by atoms with Crippen molar-refractivity contribution in [1.29, 1.82) is 0 Å². The molecule has 2 aliphatic rings. The maximum Gasteiger partial charge on any atom is 0.416 e. The van der Waals surface area contributed by atoms with E-state index in [2.05, 4.69) is 22.6 Å². The summed E-state index contributed by atoms with van der Waals surface area (Å²) < 4.78 is 40.3. The third kappa shape index (κ3) is 3.06. The Kier molecular flexibility index (Phi) is 4.60. The van der Waals surface area contributed by atoms with Crippen LogP contribution >= 0.6 is 22.6 Å². The first-order valence-corrected chi connectivity index (χ1v) is 10.3. The second kappa shape index (κ2) is 6.40. The Bertz CT molecular complexity index is 971. The number of aliphatic hydroxyl groups excluding tert-OH is 1. The maximum atomic E-state index is 13.2. The molecular formula is C21H20F3INO2-. The molecule has 2 aliphatic carbocycles. The van der Waals surface area contributed by atoms with Gasteiger partial charge in [0.2, 0.25) is 0 Å². The van der Waals surface area contributed by atoms with E-state index >= 15 is 0 Å². The summed E-state index contributed by atoms with van der Waals surface area (Å²) in [6.07, 6.45) is -5.32. The maximum absolute atomic E-state index is 13.2. The van der Waals surface area contributed by atoms with E-state index in [1.165, 1.54) is 6.07 Å². The molecule has 28 heavy (non-hydrogen) atoms. The Morgan fingerprint density at radius 3 is 2.54 bits per heavy atom. The summed E-state index contributed by atoms with van der Waals surface area (Å²) in [6, 6.07) is 3.45. The molecule has 0 aliphatic heterocycles. The van der Waals surface area contributed by atoms with Crippen molar-refractivity contribution < 1.29 is 23.4 Å². The van der Waals surface area contributed by atoms with Crippen LogP contribution < -0.4 is 5.11 Å². The van der Waals surface area contributed by atoms with Crippen molar-refractivity contribution in [3.05, 3.63) is 61.0 Å². The van der Waals surface area contributed by atoms with Crippen LogP contribution in [-0.4, -0.2) is 10.1 Å². The highest BCUT2D eigenvalue weighted by Gasteiger charge is 2.39. The predicted molar refractivity (Wildman–Crippen MR) is 105 cm³/mol. The van der Waals surface area contributed by atoms with Gasteiger partial charge in [-0.1, -0.05) is 39.4 Å². The van der Waals surface area contributed by atoms with E-state index in [0.29, 0.717) is 50.1 Å². The average Bonchev–Trinajstić information content (AvgIpc) is 2.56. The molecule has 0 bridgehead atoms. The number of hydrogen-bond acceptors (Lipinski definition) is 3. The van der Waals surface area contributed by atoms with Crippen LogP contribution in [0.25, 0.3) is 0 Å². The van der Waals surface area contributed by atoms with E-state index in [1.807, 2.05) is 20.8 Å². The van der Waals surface area contributed by atoms with Crippen LogP contribution in [0.2, 0.25) is 0 Å². The summed E-state index contributed by atoms with van der Waals surface area (Å²) in [5.41, 5.74) is 2.48. The SMILES string of the molecule is CC1c2cc(C(F)(F)F)ccc2[C@H](O)c2c1nc1c(c2I)[C@@H]([O-])CC(C)(C)C1. The number of rotatable bonds is 0. The summed E-state index contributed by atoms with van der Waals surface area (Å²) in [5.74, 6) is -0.398.